The van der Waals surface area contributed by atoms with Crippen LogP contribution in [0.4, 0.5) is 9.59 Å². The summed E-state index contributed by atoms with van der Waals surface area (Å²) in [6, 6.07) is 28.1. The van der Waals surface area contributed by atoms with Crippen LogP contribution >= 0.6 is 0 Å². The van der Waals surface area contributed by atoms with E-state index in [0.717, 1.165) is 84.6 Å². The molecule has 4 N–H and O–H groups in total. The van der Waals surface area contributed by atoms with Crippen LogP contribution in [0, 0.1) is 22.7 Å². The van der Waals surface area contributed by atoms with E-state index in [-0.39, 0.29) is 49.6 Å². The molecule has 12 rings (SSSR count). The van der Waals surface area contributed by atoms with Gasteiger partial charge in [0.15, 0.2) is 0 Å². The number of hydrogen-bond acceptors (Lipinski definition) is 10. The molecule has 4 bridgehead atoms. The number of nitrogens with zero attached hydrogens (tertiary/aromatic N) is 6. The fourth-order valence-corrected chi connectivity index (χ4v) is 10.2. The summed E-state index contributed by atoms with van der Waals surface area (Å²) < 4.78 is 9.52. The van der Waals surface area contributed by atoms with E-state index in [1.807, 2.05) is 12.1 Å². The van der Waals surface area contributed by atoms with Crippen LogP contribution in [0.1, 0.15) is 97.4 Å². The third-order valence-electron chi connectivity index (χ3n) is 13.7. The maximum atomic E-state index is 13.8. The molecular weight excluding hydrogens is 861 g/mol. The molecule has 4 aromatic carbocycles. The molecule has 4 unspecified atom stereocenters. The summed E-state index contributed by atoms with van der Waals surface area (Å²) in [7, 11) is 2.50. The minimum absolute atomic E-state index is 0.121. The fraction of sp³-hybridized carbons (Fsp3) is 0.385. The second-order valence-corrected chi connectivity index (χ2v) is 17.8. The second-order valence-electron chi connectivity index (χ2n) is 17.8. The van der Waals surface area contributed by atoms with E-state index in [1.165, 1.54) is 47.6 Å². The Hall–Kier alpha value is -7.72. The number of fused-ring (bicyclic) bond motifs is 2. The van der Waals surface area contributed by atoms with Crippen molar-refractivity contribution in [3.8, 4) is 34.4 Å². The predicted molar refractivity (Wildman–Crippen MR) is 254 cm³/mol. The number of nitrogens with one attached hydrogen (secondary N) is 4. The molecule has 4 atom stereocenters. The van der Waals surface area contributed by atoms with E-state index in [2.05, 4.69) is 93.4 Å². The van der Waals surface area contributed by atoms with Gasteiger partial charge in [0.25, 0.3) is 0 Å². The smallest absolute Gasteiger partial charge is 0.407 e. The van der Waals surface area contributed by atoms with Crippen LogP contribution in [-0.2, 0) is 44.7 Å². The lowest BCUT2D eigenvalue weighted by Gasteiger charge is -2.27. The number of benzene rings is 4. The molecule has 2 fully saturated rings. The molecule has 16 heteroatoms. The summed E-state index contributed by atoms with van der Waals surface area (Å²) in [5.41, 5.74) is 12.9. The van der Waals surface area contributed by atoms with E-state index in [0.29, 0.717) is 24.7 Å². The van der Waals surface area contributed by atoms with Crippen LogP contribution in [0.2, 0.25) is 0 Å². The van der Waals surface area contributed by atoms with Crippen LogP contribution < -0.4 is 10.6 Å². The first-order valence-electron chi connectivity index (χ1n) is 23.4. The predicted octanol–water partition coefficient (Wildman–Crippen LogP) is 8.04. The fourth-order valence-electron chi connectivity index (χ4n) is 10.2. The monoisotopic (exact) mass is 914 g/mol. The lowest BCUT2D eigenvalue weighted by atomic mass is 9.87. The maximum Gasteiger partial charge on any atom is 0.407 e. The van der Waals surface area contributed by atoms with Gasteiger partial charge in [0.1, 0.15) is 23.7 Å². The molecule has 6 aromatic rings. The van der Waals surface area contributed by atoms with E-state index < -0.39 is 24.3 Å². The van der Waals surface area contributed by atoms with E-state index in [4.69, 9.17) is 19.4 Å². The number of rotatable bonds is 12. The van der Waals surface area contributed by atoms with Gasteiger partial charge in [-0.3, -0.25) is 9.59 Å². The van der Waals surface area contributed by atoms with Crippen molar-refractivity contribution in [3.05, 3.63) is 107 Å². The number of H-pyrrole nitrogens is 2. The summed E-state index contributed by atoms with van der Waals surface area (Å²) in [6.45, 7) is 1.05. The zero-order valence-corrected chi connectivity index (χ0v) is 38.3. The van der Waals surface area contributed by atoms with Crippen molar-refractivity contribution in [3.63, 3.8) is 0 Å². The average molecular weight is 915 g/mol. The topological polar surface area (TPSA) is 222 Å². The Kier molecular flexibility index (Phi) is 13.4. The van der Waals surface area contributed by atoms with Crippen molar-refractivity contribution in [2.75, 3.05) is 27.3 Å². The van der Waals surface area contributed by atoms with Gasteiger partial charge in [0.2, 0.25) is 11.8 Å². The van der Waals surface area contributed by atoms with Crippen molar-refractivity contribution in [1.82, 2.24) is 40.4 Å². The molecule has 2 aliphatic heterocycles. The zero-order valence-electron chi connectivity index (χ0n) is 38.3. The third-order valence-corrected chi connectivity index (χ3v) is 13.7. The zero-order chi connectivity index (χ0) is 47.3. The number of carbonyl (C=O) groups excluding carboxylic acids is 4. The number of nitriles is 2. The first kappa shape index (κ1) is 45.4. The molecule has 348 valence electrons. The first-order valence-corrected chi connectivity index (χ1v) is 23.4. The Morgan fingerprint density at radius 3 is 1.50 bits per heavy atom. The first-order chi connectivity index (χ1) is 33.1. The number of imidazole rings is 2. The molecule has 68 heavy (non-hydrogen) atoms. The minimum Gasteiger partial charge on any atom is -0.453 e. The lowest BCUT2D eigenvalue weighted by Crippen LogP contribution is -2.48. The van der Waals surface area contributed by atoms with Crippen LogP contribution in [0.15, 0.2) is 72.8 Å². The number of methoxy groups -OCH3 is 2. The second kappa shape index (κ2) is 20.0. The Labute approximate surface area is 394 Å². The van der Waals surface area contributed by atoms with E-state index in [9.17, 15) is 29.7 Å². The summed E-state index contributed by atoms with van der Waals surface area (Å²) in [6.07, 6.45) is 5.58. The molecule has 0 spiro atoms. The lowest BCUT2D eigenvalue weighted by molar-refractivity contribution is -0.135. The summed E-state index contributed by atoms with van der Waals surface area (Å²) >= 11 is 0. The molecular formula is C52H54N10O6. The van der Waals surface area contributed by atoms with Crippen LogP contribution in [-0.4, -0.2) is 93.1 Å². The number of aromatic amines is 2. The number of hydrogen-bond donors (Lipinski definition) is 4. The van der Waals surface area contributed by atoms with Gasteiger partial charge >= 0.3 is 12.2 Å². The number of aromatic nitrogens is 4. The van der Waals surface area contributed by atoms with Crippen molar-refractivity contribution in [2.24, 2.45) is 0 Å². The normalized spacial score (nSPS) is 17.5. The summed E-state index contributed by atoms with van der Waals surface area (Å²) in [4.78, 5) is 72.2. The Morgan fingerprint density at radius 1 is 0.647 bits per heavy atom. The number of aryl methyl sites for hydroxylation is 4. The number of likely N-dealkylation sites (tertiary alicyclic amines) is 2. The van der Waals surface area contributed by atoms with Gasteiger partial charge in [0, 0.05) is 25.9 Å². The maximum absolute atomic E-state index is 13.8. The van der Waals surface area contributed by atoms with Crippen LogP contribution in [0.25, 0.3) is 44.3 Å². The Morgan fingerprint density at radius 2 is 1.09 bits per heavy atom. The summed E-state index contributed by atoms with van der Waals surface area (Å²) in [5, 5.41) is 23.6. The van der Waals surface area contributed by atoms with Gasteiger partial charge in [-0.1, -0.05) is 48.5 Å². The molecule has 4 aliphatic carbocycles. The summed E-state index contributed by atoms with van der Waals surface area (Å²) in [5.74, 6) is 0.890. The van der Waals surface area contributed by atoms with E-state index >= 15 is 0 Å². The van der Waals surface area contributed by atoms with Crippen molar-refractivity contribution >= 4 is 46.1 Å². The number of alkyl carbamates (subject to hydrolysis) is 2. The number of amides is 4. The van der Waals surface area contributed by atoms with Gasteiger partial charge in [0.05, 0.1) is 60.5 Å². The molecule has 2 saturated heterocycles. The van der Waals surface area contributed by atoms with Crippen molar-refractivity contribution < 1.29 is 28.7 Å². The van der Waals surface area contributed by atoms with Gasteiger partial charge in [-0.2, -0.15) is 10.5 Å². The highest BCUT2D eigenvalue weighted by molar-refractivity contribution is 5.88. The highest BCUT2D eigenvalue weighted by Gasteiger charge is 2.38. The van der Waals surface area contributed by atoms with Crippen LogP contribution in [0.5, 0.6) is 0 Å². The Balaban J connectivity index is 0.933. The van der Waals surface area contributed by atoms with Crippen molar-refractivity contribution in [1.29, 1.82) is 10.5 Å². The van der Waals surface area contributed by atoms with Gasteiger partial charge in [-0.05, 0) is 133 Å². The van der Waals surface area contributed by atoms with Gasteiger partial charge in [-0.15, -0.1) is 0 Å². The quantitative estimate of drug-likeness (QED) is 0.0925. The van der Waals surface area contributed by atoms with Crippen molar-refractivity contribution in [2.45, 2.75) is 101 Å². The number of ether oxygens (including phenoxy) is 2. The average Bonchev–Trinajstić information content (AvgIpc) is 4.20. The number of carbonyl (C=O) groups is 4. The Bertz CT molecular complexity index is 2780. The van der Waals surface area contributed by atoms with Gasteiger partial charge < -0.3 is 39.9 Å². The standard InChI is InChI=1S/C52H54N10O6/c1-67-51(65)59-41(7-3-23-53)49(63)61-25-5-9-45(61)47-55-39-21-19-35(29-43(39)57-47)37-27-31-11-15-33(37)17-13-32-12-16-34(18-14-31)38(28-32)36-20-22-40-44(30-36)58-48(56-40)46-10-6-26-62(46)50(64)42(8-4-24-54)60-52(66)68-2/h11-12,15-16,19-22,27-30,41-42,45-46H,3-10,13-14,17-18,25-26H2,1-2H3,(H,55,57)(H,56,58)(H,59,65)(H,60,66). The molecule has 4 amide bonds. The van der Waals surface area contributed by atoms with E-state index in [1.54, 1.807) is 9.80 Å². The molecule has 6 aliphatic rings. The largest absolute Gasteiger partial charge is 0.453 e. The van der Waals surface area contributed by atoms with Crippen LogP contribution in [0.3, 0.4) is 0 Å². The molecule has 16 nitrogen and oxygen atoms in total. The molecule has 2 aromatic heterocycles. The highest BCUT2D eigenvalue weighted by atomic mass is 16.5. The minimum atomic E-state index is -0.869. The molecule has 0 radical (unpaired) electrons. The SMILES string of the molecule is COC(=O)NC(CCC#N)C(=O)N1CCCC1c1nc2ccc(-c3cc4ccc3CCc3ccc(c(-c5ccc6nc(C7CCCN7C(=O)C(CCC#N)NC(=O)OC)[nH]c6c5)c3)CC4)cc2[nH]1. The molecule has 0 saturated carbocycles. The molecule has 4 heterocycles. The van der Waals surface area contributed by atoms with Gasteiger partial charge in [-0.25, -0.2) is 19.6 Å². The highest BCUT2D eigenvalue weighted by Crippen LogP contribution is 2.37. The third kappa shape index (κ3) is 9.45.